The van der Waals surface area contributed by atoms with Crippen molar-refractivity contribution < 1.29 is 13.6 Å². The first kappa shape index (κ1) is 11.7. The maximum atomic E-state index is 13.3. The number of benzene rings is 1. The summed E-state index contributed by atoms with van der Waals surface area (Å²) in [6.45, 7) is 0.279. The second kappa shape index (κ2) is 5.01. The Morgan fingerprint density at radius 1 is 1.41 bits per heavy atom. The molecule has 0 saturated carbocycles. The summed E-state index contributed by atoms with van der Waals surface area (Å²) in [7, 11) is 0. The molecule has 0 aliphatic heterocycles. The van der Waals surface area contributed by atoms with Gasteiger partial charge in [0.1, 0.15) is 5.82 Å². The lowest BCUT2D eigenvalue weighted by Crippen LogP contribution is -2.23. The molecule has 1 aromatic carbocycles. The molecule has 3 nitrogen and oxygen atoms in total. The number of halogens is 2. The fourth-order valence-electron chi connectivity index (χ4n) is 1.34. The fraction of sp³-hybridized carbons (Fsp3) is 0.0833. The van der Waals surface area contributed by atoms with Crippen LogP contribution in [-0.4, -0.2) is 5.91 Å². The van der Waals surface area contributed by atoms with Crippen LogP contribution < -0.4 is 5.32 Å². The third kappa shape index (κ3) is 2.85. The largest absolute Gasteiger partial charge is 0.472 e. The molecule has 2 aromatic rings. The van der Waals surface area contributed by atoms with Crippen molar-refractivity contribution in [2.45, 2.75) is 6.54 Å². The topological polar surface area (TPSA) is 42.2 Å². The van der Waals surface area contributed by atoms with Gasteiger partial charge in [-0.05, 0) is 24.3 Å². The molecule has 0 radical (unpaired) electrons. The Bertz CT molecular complexity index is 525. The van der Waals surface area contributed by atoms with Gasteiger partial charge in [0.2, 0.25) is 0 Å². The molecule has 1 aromatic heterocycles. The molecular weight excluding hydrogens is 245 g/mol. The van der Waals surface area contributed by atoms with Crippen LogP contribution in [0.3, 0.4) is 0 Å². The molecule has 0 fully saturated rings. The normalized spacial score (nSPS) is 10.2. The summed E-state index contributed by atoms with van der Waals surface area (Å²) in [5.74, 6) is -1.11. The molecule has 2 rings (SSSR count). The first-order chi connectivity index (χ1) is 8.16. The summed E-state index contributed by atoms with van der Waals surface area (Å²) in [4.78, 5) is 11.7. The minimum atomic E-state index is -0.598. The standard InChI is InChI=1S/C12H9ClFNO2/c13-9-1-2-11(14)10(5-9)12(16)15-6-8-3-4-17-7-8/h1-5,7H,6H2,(H,15,16). The van der Waals surface area contributed by atoms with Crippen molar-refractivity contribution in [1.82, 2.24) is 5.32 Å². The van der Waals surface area contributed by atoms with Crippen molar-refractivity contribution in [3.63, 3.8) is 0 Å². The van der Waals surface area contributed by atoms with E-state index < -0.39 is 11.7 Å². The first-order valence-electron chi connectivity index (χ1n) is 4.91. The summed E-state index contributed by atoms with van der Waals surface area (Å²) < 4.78 is 18.2. The molecule has 1 heterocycles. The number of hydrogen-bond acceptors (Lipinski definition) is 2. The van der Waals surface area contributed by atoms with Gasteiger partial charge in [0.05, 0.1) is 18.1 Å². The van der Waals surface area contributed by atoms with Gasteiger partial charge in [-0.15, -0.1) is 0 Å². The molecule has 88 valence electrons. The molecule has 0 aliphatic rings. The van der Waals surface area contributed by atoms with Gasteiger partial charge in [-0.1, -0.05) is 11.6 Å². The van der Waals surface area contributed by atoms with E-state index in [4.69, 9.17) is 16.0 Å². The Morgan fingerprint density at radius 2 is 2.24 bits per heavy atom. The first-order valence-corrected chi connectivity index (χ1v) is 5.29. The highest BCUT2D eigenvalue weighted by Crippen LogP contribution is 2.14. The highest BCUT2D eigenvalue weighted by Gasteiger charge is 2.11. The van der Waals surface area contributed by atoms with Gasteiger partial charge >= 0.3 is 0 Å². The van der Waals surface area contributed by atoms with E-state index in [1.165, 1.54) is 24.7 Å². The third-order valence-corrected chi connectivity index (χ3v) is 2.44. The lowest BCUT2D eigenvalue weighted by atomic mass is 10.2. The average Bonchev–Trinajstić information content (AvgIpc) is 2.82. The molecule has 5 heteroatoms. The Balaban J connectivity index is 2.07. The van der Waals surface area contributed by atoms with Crippen LogP contribution in [0.1, 0.15) is 15.9 Å². The van der Waals surface area contributed by atoms with Crippen molar-refractivity contribution in [2.75, 3.05) is 0 Å². The predicted molar refractivity (Wildman–Crippen MR) is 61.3 cm³/mol. The minimum absolute atomic E-state index is 0.0685. The van der Waals surface area contributed by atoms with Crippen LogP contribution in [0.25, 0.3) is 0 Å². The Kier molecular flexibility index (Phi) is 3.44. The maximum absolute atomic E-state index is 13.3. The number of carbonyl (C=O) groups excluding carboxylic acids is 1. The Labute approximate surface area is 102 Å². The minimum Gasteiger partial charge on any atom is -0.472 e. The zero-order valence-electron chi connectivity index (χ0n) is 8.74. The third-order valence-electron chi connectivity index (χ3n) is 2.21. The van der Waals surface area contributed by atoms with Gasteiger partial charge in [0, 0.05) is 17.1 Å². The van der Waals surface area contributed by atoms with Crippen LogP contribution in [0.5, 0.6) is 0 Å². The van der Waals surface area contributed by atoms with E-state index in [0.29, 0.717) is 5.02 Å². The molecule has 1 N–H and O–H groups in total. The number of amides is 1. The Morgan fingerprint density at radius 3 is 2.94 bits per heavy atom. The van der Waals surface area contributed by atoms with E-state index in [9.17, 15) is 9.18 Å². The summed E-state index contributed by atoms with van der Waals surface area (Å²) in [6, 6.07) is 5.56. The van der Waals surface area contributed by atoms with E-state index in [1.54, 1.807) is 6.07 Å². The van der Waals surface area contributed by atoms with Gasteiger partial charge in [0.25, 0.3) is 5.91 Å². The molecule has 0 atom stereocenters. The van der Waals surface area contributed by atoms with E-state index in [-0.39, 0.29) is 12.1 Å². The number of rotatable bonds is 3. The zero-order chi connectivity index (χ0) is 12.3. The van der Waals surface area contributed by atoms with Crippen LogP contribution in [0.2, 0.25) is 5.02 Å². The summed E-state index contributed by atoms with van der Waals surface area (Å²) in [5.41, 5.74) is 0.738. The van der Waals surface area contributed by atoms with Gasteiger partial charge < -0.3 is 9.73 Å². The van der Waals surface area contributed by atoms with Gasteiger partial charge in [-0.2, -0.15) is 0 Å². The van der Waals surface area contributed by atoms with E-state index in [2.05, 4.69) is 5.32 Å². The van der Waals surface area contributed by atoms with Crippen molar-refractivity contribution in [3.8, 4) is 0 Å². The molecule has 0 spiro atoms. The zero-order valence-corrected chi connectivity index (χ0v) is 9.50. The molecular formula is C12H9ClFNO2. The molecule has 0 aliphatic carbocycles. The van der Waals surface area contributed by atoms with Crippen molar-refractivity contribution in [2.24, 2.45) is 0 Å². The quantitative estimate of drug-likeness (QED) is 0.914. The molecule has 0 unspecified atom stereocenters. The lowest BCUT2D eigenvalue weighted by Gasteiger charge is -2.05. The highest BCUT2D eigenvalue weighted by atomic mass is 35.5. The monoisotopic (exact) mass is 253 g/mol. The molecule has 17 heavy (non-hydrogen) atoms. The van der Waals surface area contributed by atoms with Crippen molar-refractivity contribution in [1.29, 1.82) is 0 Å². The Hall–Kier alpha value is -1.81. The summed E-state index contributed by atoms with van der Waals surface area (Å²) in [6.07, 6.45) is 3.01. The van der Waals surface area contributed by atoms with Gasteiger partial charge in [-0.3, -0.25) is 4.79 Å². The summed E-state index contributed by atoms with van der Waals surface area (Å²) in [5, 5.41) is 2.89. The van der Waals surface area contributed by atoms with Crippen molar-refractivity contribution >= 4 is 17.5 Å². The molecule has 0 bridgehead atoms. The average molecular weight is 254 g/mol. The second-order valence-electron chi connectivity index (χ2n) is 3.44. The predicted octanol–water partition coefficient (Wildman–Crippen LogP) is 3.00. The van der Waals surface area contributed by atoms with Crippen LogP contribution in [0.15, 0.2) is 41.2 Å². The lowest BCUT2D eigenvalue weighted by molar-refractivity contribution is 0.0947. The SMILES string of the molecule is O=C(NCc1ccoc1)c1cc(Cl)ccc1F. The number of furan rings is 1. The highest BCUT2D eigenvalue weighted by molar-refractivity contribution is 6.30. The van der Waals surface area contributed by atoms with Gasteiger partial charge in [0.15, 0.2) is 0 Å². The van der Waals surface area contributed by atoms with Crippen LogP contribution >= 0.6 is 11.6 Å². The van der Waals surface area contributed by atoms with Crippen LogP contribution in [0, 0.1) is 5.82 Å². The second-order valence-corrected chi connectivity index (χ2v) is 3.87. The van der Waals surface area contributed by atoms with E-state index in [1.807, 2.05) is 0 Å². The fourth-order valence-corrected chi connectivity index (χ4v) is 1.51. The molecule has 1 amide bonds. The van der Waals surface area contributed by atoms with E-state index >= 15 is 0 Å². The van der Waals surface area contributed by atoms with Crippen molar-refractivity contribution in [3.05, 3.63) is 58.8 Å². The van der Waals surface area contributed by atoms with Gasteiger partial charge in [-0.25, -0.2) is 4.39 Å². The van der Waals surface area contributed by atoms with E-state index in [0.717, 1.165) is 11.6 Å². The number of nitrogens with one attached hydrogen (secondary N) is 1. The smallest absolute Gasteiger partial charge is 0.254 e. The number of hydrogen-bond donors (Lipinski definition) is 1. The number of carbonyl (C=O) groups is 1. The molecule has 0 saturated heterocycles. The van der Waals surface area contributed by atoms with Crippen LogP contribution in [0.4, 0.5) is 4.39 Å². The van der Waals surface area contributed by atoms with Crippen LogP contribution in [-0.2, 0) is 6.54 Å². The maximum Gasteiger partial charge on any atom is 0.254 e. The summed E-state index contributed by atoms with van der Waals surface area (Å²) >= 11 is 5.70.